The molecule has 220 valence electrons. The molecule has 40 heavy (non-hydrogen) atoms. The summed E-state index contributed by atoms with van der Waals surface area (Å²) in [6, 6.07) is 6.66. The van der Waals surface area contributed by atoms with Crippen LogP contribution in [-0.4, -0.2) is 85.6 Å². The molecule has 0 spiro atoms. The van der Waals surface area contributed by atoms with Crippen LogP contribution in [0.2, 0.25) is 0 Å². The molecule has 0 bridgehead atoms. The summed E-state index contributed by atoms with van der Waals surface area (Å²) in [6.07, 6.45) is 8.24. The van der Waals surface area contributed by atoms with E-state index in [2.05, 4.69) is 11.4 Å². The van der Waals surface area contributed by atoms with Crippen LogP contribution < -0.4 is 10.1 Å². The highest BCUT2D eigenvalue weighted by Gasteiger charge is 2.62. The Labute approximate surface area is 236 Å². The SMILES string of the molecule is CCOCOC1CC2C(=O)NC3(C(=O)OCC)CC3/C=C\CCCCCN(Cc3ccc(OC)cc3)C(=O)N2C1. The van der Waals surface area contributed by atoms with E-state index in [0.717, 1.165) is 37.0 Å². The van der Waals surface area contributed by atoms with E-state index in [1.807, 2.05) is 42.2 Å². The molecule has 4 unspecified atom stereocenters. The van der Waals surface area contributed by atoms with Crippen LogP contribution in [0.25, 0.3) is 0 Å². The zero-order chi connectivity index (χ0) is 28.5. The molecule has 4 rings (SSSR count). The molecule has 4 atom stereocenters. The lowest BCUT2D eigenvalue weighted by molar-refractivity contribution is -0.149. The lowest BCUT2D eigenvalue weighted by atomic mass is 10.1. The Morgan fingerprint density at radius 1 is 1.10 bits per heavy atom. The van der Waals surface area contributed by atoms with Crippen molar-refractivity contribution in [2.75, 3.05) is 40.2 Å². The molecule has 2 aliphatic heterocycles. The van der Waals surface area contributed by atoms with Crippen LogP contribution in [0, 0.1) is 5.92 Å². The molecular formula is C30H43N3O7. The number of methoxy groups -OCH3 is 1. The van der Waals surface area contributed by atoms with E-state index < -0.39 is 17.6 Å². The molecule has 1 aliphatic carbocycles. The second-order valence-electron chi connectivity index (χ2n) is 10.6. The van der Waals surface area contributed by atoms with Gasteiger partial charge in [0.05, 0.1) is 19.8 Å². The number of esters is 1. The summed E-state index contributed by atoms with van der Waals surface area (Å²) in [5.41, 5.74) is -0.118. The highest BCUT2D eigenvalue weighted by Crippen LogP contribution is 2.46. The van der Waals surface area contributed by atoms with Gasteiger partial charge in [0.2, 0.25) is 5.91 Å². The summed E-state index contributed by atoms with van der Waals surface area (Å²) in [5.74, 6) is -0.162. The predicted molar refractivity (Wildman–Crippen MR) is 148 cm³/mol. The lowest BCUT2D eigenvalue weighted by Gasteiger charge is -2.32. The number of hydrogen-bond acceptors (Lipinski definition) is 7. The first-order valence-electron chi connectivity index (χ1n) is 14.5. The molecule has 3 aliphatic rings. The summed E-state index contributed by atoms with van der Waals surface area (Å²) < 4.78 is 21.9. The number of amides is 3. The van der Waals surface area contributed by atoms with E-state index in [0.29, 0.717) is 32.5 Å². The first-order valence-corrected chi connectivity index (χ1v) is 14.5. The number of rotatable bonds is 9. The number of benzene rings is 1. The van der Waals surface area contributed by atoms with Crippen molar-refractivity contribution in [1.29, 1.82) is 0 Å². The number of carbonyl (C=O) groups is 3. The first kappa shape index (κ1) is 29.9. The number of nitrogens with one attached hydrogen (secondary N) is 1. The van der Waals surface area contributed by atoms with Gasteiger partial charge in [-0.25, -0.2) is 9.59 Å². The molecule has 2 heterocycles. The molecular weight excluding hydrogens is 514 g/mol. The maximum atomic E-state index is 14.1. The zero-order valence-corrected chi connectivity index (χ0v) is 23.9. The van der Waals surface area contributed by atoms with E-state index in [4.69, 9.17) is 18.9 Å². The van der Waals surface area contributed by atoms with E-state index in [1.54, 1.807) is 18.9 Å². The van der Waals surface area contributed by atoms with Gasteiger partial charge in [-0.05, 0) is 57.2 Å². The third-order valence-electron chi connectivity index (χ3n) is 7.87. The average molecular weight is 558 g/mol. The van der Waals surface area contributed by atoms with Crippen molar-refractivity contribution in [3.05, 3.63) is 42.0 Å². The van der Waals surface area contributed by atoms with Crippen LogP contribution in [0.15, 0.2) is 36.4 Å². The molecule has 1 saturated heterocycles. The average Bonchev–Trinajstić information content (AvgIpc) is 3.48. The van der Waals surface area contributed by atoms with Gasteiger partial charge in [-0.1, -0.05) is 30.7 Å². The van der Waals surface area contributed by atoms with Crippen LogP contribution in [0.1, 0.15) is 57.9 Å². The van der Waals surface area contributed by atoms with Gasteiger partial charge < -0.3 is 34.1 Å². The van der Waals surface area contributed by atoms with Crippen LogP contribution >= 0.6 is 0 Å². The summed E-state index contributed by atoms with van der Waals surface area (Å²) in [7, 11) is 1.62. The second kappa shape index (κ2) is 14.0. The van der Waals surface area contributed by atoms with Crippen molar-refractivity contribution in [2.24, 2.45) is 5.92 Å². The smallest absolute Gasteiger partial charge is 0.332 e. The van der Waals surface area contributed by atoms with Gasteiger partial charge in [-0.3, -0.25) is 4.79 Å². The van der Waals surface area contributed by atoms with Crippen molar-refractivity contribution < 1.29 is 33.3 Å². The molecule has 10 nitrogen and oxygen atoms in total. The number of carbonyl (C=O) groups excluding carboxylic acids is 3. The van der Waals surface area contributed by atoms with Crippen molar-refractivity contribution in [1.82, 2.24) is 15.1 Å². The number of urea groups is 1. The van der Waals surface area contributed by atoms with Gasteiger partial charge in [0.15, 0.2) is 0 Å². The third-order valence-corrected chi connectivity index (χ3v) is 7.87. The maximum Gasteiger partial charge on any atom is 0.332 e. The van der Waals surface area contributed by atoms with E-state index in [-0.39, 0.29) is 43.9 Å². The standard InChI is InChI=1S/C30H43N3O7/c1-4-38-21-40-25-17-26-27(34)31-30(28(35)39-5-2)18-23(30)11-9-7-6-8-10-16-32(29(36)33(26)20-25)19-22-12-14-24(37-3)15-13-22/h9,11-15,23,25-26H,4-8,10,16-21H2,1-3H3,(H,31,34)/b11-9-. The minimum atomic E-state index is -1.09. The zero-order valence-electron chi connectivity index (χ0n) is 23.9. The Morgan fingerprint density at radius 2 is 1.90 bits per heavy atom. The Balaban J connectivity index is 1.60. The van der Waals surface area contributed by atoms with Gasteiger partial charge in [0.1, 0.15) is 24.1 Å². The summed E-state index contributed by atoms with van der Waals surface area (Å²) >= 11 is 0. The number of ether oxygens (including phenoxy) is 4. The van der Waals surface area contributed by atoms with Crippen molar-refractivity contribution in [3.63, 3.8) is 0 Å². The van der Waals surface area contributed by atoms with Crippen molar-refractivity contribution >= 4 is 17.9 Å². The molecule has 0 radical (unpaired) electrons. The van der Waals surface area contributed by atoms with E-state index in [9.17, 15) is 14.4 Å². The van der Waals surface area contributed by atoms with E-state index in [1.165, 1.54) is 0 Å². The van der Waals surface area contributed by atoms with Crippen LogP contribution in [0.5, 0.6) is 5.75 Å². The van der Waals surface area contributed by atoms with E-state index >= 15 is 0 Å². The number of nitrogens with zero attached hydrogens (tertiary/aromatic N) is 2. The maximum absolute atomic E-state index is 14.1. The fourth-order valence-corrected chi connectivity index (χ4v) is 5.50. The minimum absolute atomic E-state index is 0.0900. The van der Waals surface area contributed by atoms with Gasteiger partial charge in [0.25, 0.3) is 0 Å². The molecule has 1 N–H and O–H groups in total. The Morgan fingerprint density at radius 3 is 2.62 bits per heavy atom. The van der Waals surface area contributed by atoms with Gasteiger partial charge >= 0.3 is 12.0 Å². The highest BCUT2D eigenvalue weighted by molar-refractivity contribution is 5.95. The highest BCUT2D eigenvalue weighted by atomic mass is 16.7. The van der Waals surface area contributed by atoms with Crippen molar-refractivity contribution in [3.8, 4) is 5.75 Å². The first-order chi connectivity index (χ1) is 19.4. The number of hydrogen-bond donors (Lipinski definition) is 1. The Hall–Kier alpha value is -3.11. The van der Waals surface area contributed by atoms with Gasteiger partial charge in [0, 0.05) is 38.6 Å². The fourth-order valence-electron chi connectivity index (χ4n) is 5.50. The summed E-state index contributed by atoms with van der Waals surface area (Å²) in [4.78, 5) is 44.3. The van der Waals surface area contributed by atoms with Gasteiger partial charge in [-0.2, -0.15) is 0 Å². The fraction of sp³-hybridized carbons (Fsp3) is 0.633. The third kappa shape index (κ3) is 7.14. The molecule has 0 aromatic heterocycles. The minimum Gasteiger partial charge on any atom is -0.497 e. The normalized spacial score (nSPS) is 28.0. The Bertz CT molecular complexity index is 1050. The quantitative estimate of drug-likeness (QED) is 0.214. The molecule has 3 amide bonds. The molecule has 1 aromatic carbocycles. The van der Waals surface area contributed by atoms with Crippen molar-refractivity contribution in [2.45, 2.75) is 76.6 Å². The predicted octanol–water partition coefficient (Wildman–Crippen LogP) is 3.64. The van der Waals surface area contributed by atoms with Crippen LogP contribution in [-0.2, 0) is 30.3 Å². The number of allylic oxidation sites excluding steroid dienone is 1. The molecule has 10 heteroatoms. The molecule has 2 fully saturated rings. The van der Waals surface area contributed by atoms with Crippen LogP contribution in [0.3, 0.4) is 0 Å². The van der Waals surface area contributed by atoms with Gasteiger partial charge in [-0.15, -0.1) is 0 Å². The molecule has 1 saturated carbocycles. The summed E-state index contributed by atoms with van der Waals surface area (Å²) in [5, 5.41) is 3.00. The topological polar surface area (TPSA) is 107 Å². The number of fused-ring (bicyclic) bond motifs is 2. The largest absolute Gasteiger partial charge is 0.497 e. The van der Waals surface area contributed by atoms with Crippen LogP contribution in [0.4, 0.5) is 4.79 Å². The lowest BCUT2D eigenvalue weighted by Crippen LogP contribution is -2.55. The monoisotopic (exact) mass is 557 g/mol. The second-order valence-corrected chi connectivity index (χ2v) is 10.6. The molecule has 1 aromatic rings. The summed E-state index contributed by atoms with van der Waals surface area (Å²) in [6.45, 7) is 5.70. The Kier molecular flexibility index (Phi) is 10.4.